The minimum Gasteiger partial charge on any atom is -0.374 e. The predicted molar refractivity (Wildman–Crippen MR) is 57.6 cm³/mol. The molecule has 0 aliphatic heterocycles. The number of hydrogen-bond acceptors (Lipinski definition) is 3. The van der Waals surface area contributed by atoms with Gasteiger partial charge in [-0.15, -0.1) is 0 Å². The zero-order valence-corrected chi connectivity index (χ0v) is 9.56. The van der Waals surface area contributed by atoms with Gasteiger partial charge in [-0.3, -0.25) is 9.48 Å². The molecule has 0 aliphatic carbocycles. The fraction of sp³-hybridized carbons (Fsp3) is 0.636. The molecular weight excluding hydrogens is 192 g/mol. The summed E-state index contributed by atoms with van der Waals surface area (Å²) >= 11 is 0. The number of nitrogens with zero attached hydrogens (tertiary/aromatic N) is 2. The Kier molecular flexibility index (Phi) is 4.49. The van der Waals surface area contributed by atoms with Crippen LogP contribution in [0.2, 0.25) is 0 Å². The van der Waals surface area contributed by atoms with Crippen molar-refractivity contribution in [3.05, 3.63) is 18.0 Å². The van der Waals surface area contributed by atoms with Gasteiger partial charge in [0.25, 0.3) is 0 Å². The molecule has 4 heteroatoms. The molecule has 0 bridgehead atoms. The Morgan fingerprint density at radius 1 is 1.67 bits per heavy atom. The highest BCUT2D eigenvalue weighted by molar-refractivity contribution is 5.84. The van der Waals surface area contributed by atoms with Crippen molar-refractivity contribution in [3.63, 3.8) is 0 Å². The maximum atomic E-state index is 11.8. The number of ketones is 1. The van der Waals surface area contributed by atoms with E-state index in [1.54, 1.807) is 11.8 Å². The van der Waals surface area contributed by atoms with E-state index in [0.717, 1.165) is 18.5 Å². The van der Waals surface area contributed by atoms with Crippen LogP contribution in [0.15, 0.2) is 12.3 Å². The van der Waals surface area contributed by atoms with Gasteiger partial charge >= 0.3 is 0 Å². The van der Waals surface area contributed by atoms with Crippen LogP contribution in [0.4, 0.5) is 0 Å². The van der Waals surface area contributed by atoms with Crippen LogP contribution >= 0.6 is 0 Å². The third-order valence-corrected chi connectivity index (χ3v) is 2.32. The SMILES string of the molecule is CCCC(OC)C(=O)Cc1ccn(C)n1. The molecule has 1 atom stereocenters. The van der Waals surface area contributed by atoms with Crippen LogP contribution < -0.4 is 0 Å². The summed E-state index contributed by atoms with van der Waals surface area (Å²) in [5.41, 5.74) is 0.806. The number of rotatable bonds is 6. The molecule has 84 valence electrons. The molecule has 1 heterocycles. The molecule has 0 saturated heterocycles. The van der Waals surface area contributed by atoms with Crippen LogP contribution in [0.1, 0.15) is 25.5 Å². The summed E-state index contributed by atoms with van der Waals surface area (Å²) in [6.07, 6.45) is 3.65. The minimum absolute atomic E-state index is 0.109. The van der Waals surface area contributed by atoms with Gasteiger partial charge in [-0.2, -0.15) is 5.10 Å². The van der Waals surface area contributed by atoms with E-state index in [0.29, 0.717) is 6.42 Å². The third kappa shape index (κ3) is 3.47. The molecule has 1 aromatic rings. The van der Waals surface area contributed by atoms with Gasteiger partial charge in [-0.05, 0) is 12.5 Å². The topological polar surface area (TPSA) is 44.1 Å². The Bertz CT molecular complexity index is 320. The van der Waals surface area contributed by atoms with Crippen molar-refractivity contribution in [2.45, 2.75) is 32.3 Å². The number of aromatic nitrogens is 2. The van der Waals surface area contributed by atoms with E-state index >= 15 is 0 Å². The molecule has 15 heavy (non-hydrogen) atoms. The van der Waals surface area contributed by atoms with Crippen LogP contribution in [0.5, 0.6) is 0 Å². The van der Waals surface area contributed by atoms with Crippen LogP contribution in [0.3, 0.4) is 0 Å². The number of ether oxygens (including phenoxy) is 1. The molecule has 1 unspecified atom stereocenters. The lowest BCUT2D eigenvalue weighted by Gasteiger charge is -2.11. The number of aryl methyl sites for hydroxylation is 1. The van der Waals surface area contributed by atoms with Gasteiger partial charge in [0.05, 0.1) is 12.1 Å². The van der Waals surface area contributed by atoms with Crippen molar-refractivity contribution in [3.8, 4) is 0 Å². The van der Waals surface area contributed by atoms with E-state index < -0.39 is 0 Å². The summed E-state index contributed by atoms with van der Waals surface area (Å²) in [5.74, 6) is 0.109. The van der Waals surface area contributed by atoms with Crippen molar-refractivity contribution in [2.75, 3.05) is 7.11 Å². The summed E-state index contributed by atoms with van der Waals surface area (Å²) in [7, 11) is 3.42. The van der Waals surface area contributed by atoms with E-state index in [9.17, 15) is 4.79 Å². The first-order chi connectivity index (χ1) is 7.17. The quantitative estimate of drug-likeness (QED) is 0.711. The molecule has 1 aromatic heterocycles. The van der Waals surface area contributed by atoms with Gasteiger partial charge in [0.1, 0.15) is 6.10 Å². The molecule has 1 rings (SSSR count). The number of hydrogen-bond donors (Lipinski definition) is 0. The van der Waals surface area contributed by atoms with Crippen LogP contribution in [0.25, 0.3) is 0 Å². The summed E-state index contributed by atoms with van der Waals surface area (Å²) in [4.78, 5) is 11.8. The lowest BCUT2D eigenvalue weighted by atomic mass is 10.1. The predicted octanol–water partition coefficient (Wildman–Crippen LogP) is 1.35. The molecule has 0 aliphatic rings. The highest BCUT2D eigenvalue weighted by Crippen LogP contribution is 2.06. The fourth-order valence-corrected chi connectivity index (χ4v) is 1.52. The molecule has 0 spiro atoms. The number of Topliss-reactive ketones (excluding diaryl/α,β-unsaturated/α-hetero) is 1. The Balaban J connectivity index is 2.53. The van der Waals surface area contributed by atoms with Crippen LogP contribution in [-0.2, 0) is 23.0 Å². The first-order valence-corrected chi connectivity index (χ1v) is 5.21. The average Bonchev–Trinajstić information content (AvgIpc) is 2.60. The van der Waals surface area contributed by atoms with Crippen molar-refractivity contribution in [1.29, 1.82) is 0 Å². The largest absolute Gasteiger partial charge is 0.374 e. The minimum atomic E-state index is -0.281. The normalized spacial score (nSPS) is 12.7. The zero-order valence-electron chi connectivity index (χ0n) is 9.56. The maximum Gasteiger partial charge on any atom is 0.167 e. The molecule has 0 fully saturated rings. The summed E-state index contributed by atoms with van der Waals surface area (Å²) in [6, 6.07) is 1.86. The third-order valence-electron chi connectivity index (χ3n) is 2.32. The highest BCUT2D eigenvalue weighted by Gasteiger charge is 2.17. The molecule has 0 saturated carbocycles. The van der Waals surface area contributed by atoms with Crippen molar-refractivity contribution < 1.29 is 9.53 Å². The standard InChI is InChI=1S/C11H18N2O2/c1-4-5-11(15-3)10(14)8-9-6-7-13(2)12-9/h6-7,11H,4-5,8H2,1-3H3. The van der Waals surface area contributed by atoms with Gasteiger partial charge in [0, 0.05) is 20.4 Å². The van der Waals surface area contributed by atoms with Crippen molar-refractivity contribution in [2.24, 2.45) is 7.05 Å². The van der Waals surface area contributed by atoms with Crippen LogP contribution in [0, 0.1) is 0 Å². The molecule has 4 nitrogen and oxygen atoms in total. The first kappa shape index (κ1) is 11.9. The van der Waals surface area contributed by atoms with Gasteiger partial charge in [0.2, 0.25) is 0 Å². The number of carbonyl (C=O) groups excluding carboxylic acids is 1. The summed E-state index contributed by atoms with van der Waals surface area (Å²) < 4.78 is 6.85. The van der Waals surface area contributed by atoms with Gasteiger partial charge < -0.3 is 4.74 Å². The fourth-order valence-electron chi connectivity index (χ4n) is 1.52. The van der Waals surface area contributed by atoms with Crippen molar-refractivity contribution >= 4 is 5.78 Å². The van der Waals surface area contributed by atoms with E-state index in [2.05, 4.69) is 5.10 Å². The maximum absolute atomic E-state index is 11.8. The van der Waals surface area contributed by atoms with Gasteiger partial charge in [0.15, 0.2) is 5.78 Å². The monoisotopic (exact) mass is 210 g/mol. The van der Waals surface area contributed by atoms with Gasteiger partial charge in [-0.1, -0.05) is 13.3 Å². The van der Waals surface area contributed by atoms with E-state index in [1.165, 1.54) is 0 Å². The Morgan fingerprint density at radius 3 is 2.87 bits per heavy atom. The second-order valence-corrected chi connectivity index (χ2v) is 3.64. The lowest BCUT2D eigenvalue weighted by Crippen LogP contribution is -2.24. The number of methoxy groups -OCH3 is 1. The number of carbonyl (C=O) groups is 1. The molecule has 0 aromatic carbocycles. The second-order valence-electron chi connectivity index (χ2n) is 3.64. The van der Waals surface area contributed by atoms with E-state index in [-0.39, 0.29) is 11.9 Å². The first-order valence-electron chi connectivity index (χ1n) is 5.21. The summed E-state index contributed by atoms with van der Waals surface area (Å²) in [6.45, 7) is 2.04. The average molecular weight is 210 g/mol. The zero-order chi connectivity index (χ0) is 11.3. The van der Waals surface area contributed by atoms with E-state index in [4.69, 9.17) is 4.74 Å². The Hall–Kier alpha value is -1.16. The van der Waals surface area contributed by atoms with Gasteiger partial charge in [-0.25, -0.2) is 0 Å². The smallest absolute Gasteiger partial charge is 0.167 e. The molecular formula is C11H18N2O2. The Labute approximate surface area is 90.2 Å². The molecule has 0 amide bonds. The van der Waals surface area contributed by atoms with E-state index in [1.807, 2.05) is 26.2 Å². The Morgan fingerprint density at radius 2 is 2.40 bits per heavy atom. The highest BCUT2D eigenvalue weighted by atomic mass is 16.5. The lowest BCUT2D eigenvalue weighted by molar-refractivity contribution is -0.128. The molecule has 0 N–H and O–H groups in total. The summed E-state index contributed by atoms with van der Waals surface area (Å²) in [5, 5.41) is 4.17. The van der Waals surface area contributed by atoms with Crippen LogP contribution in [-0.4, -0.2) is 28.8 Å². The second kappa shape index (κ2) is 5.66. The molecule has 0 radical (unpaired) electrons. The van der Waals surface area contributed by atoms with Crippen molar-refractivity contribution in [1.82, 2.24) is 9.78 Å².